The van der Waals surface area contributed by atoms with Gasteiger partial charge in [-0.2, -0.15) is 0 Å². The monoisotopic (exact) mass is 363 g/mol. The number of benzene rings is 2. The first-order valence-electron chi connectivity index (χ1n) is 8.66. The van der Waals surface area contributed by atoms with Crippen molar-refractivity contribution < 1.29 is 18.7 Å². The fourth-order valence-corrected chi connectivity index (χ4v) is 2.89. The van der Waals surface area contributed by atoms with Gasteiger partial charge in [0, 0.05) is 16.8 Å². The van der Waals surface area contributed by atoms with Crippen LogP contribution in [0.25, 0.3) is 0 Å². The number of hydrogen-bond acceptors (Lipinski definition) is 4. The van der Waals surface area contributed by atoms with E-state index in [1.54, 1.807) is 57.2 Å². The topological polar surface area (TPSA) is 68.5 Å². The van der Waals surface area contributed by atoms with Gasteiger partial charge in [0.15, 0.2) is 0 Å². The van der Waals surface area contributed by atoms with Crippen molar-refractivity contribution in [2.24, 2.45) is 0 Å². The van der Waals surface area contributed by atoms with Gasteiger partial charge in [0.2, 0.25) is 6.10 Å². The van der Waals surface area contributed by atoms with E-state index in [1.807, 2.05) is 24.3 Å². The second-order valence-corrected chi connectivity index (χ2v) is 6.27. The molecule has 0 radical (unpaired) electrons. The number of ether oxygens (including phenoxy) is 1. The molecule has 3 rings (SSSR count). The van der Waals surface area contributed by atoms with Crippen LogP contribution in [0.15, 0.2) is 65.1 Å². The number of para-hydroxylation sites is 1. The van der Waals surface area contributed by atoms with E-state index < -0.39 is 18.0 Å². The molecule has 0 aliphatic rings. The Balaban J connectivity index is 1.88. The molecule has 5 heteroatoms. The molecule has 1 aromatic heterocycles. The SMILES string of the molecule is Cc1oc(C)c(C(=O)OC(C(=O)Nc2ccccc2)c2ccccc2)c1C. The van der Waals surface area contributed by atoms with Crippen LogP contribution in [0, 0.1) is 20.8 Å². The zero-order valence-corrected chi connectivity index (χ0v) is 15.5. The number of carbonyl (C=O) groups excluding carboxylic acids is 2. The number of amides is 1. The van der Waals surface area contributed by atoms with Crippen molar-refractivity contribution in [2.75, 3.05) is 5.32 Å². The van der Waals surface area contributed by atoms with Crippen LogP contribution in [0.5, 0.6) is 0 Å². The zero-order valence-electron chi connectivity index (χ0n) is 15.5. The first-order valence-corrected chi connectivity index (χ1v) is 8.66. The molecule has 1 atom stereocenters. The Bertz CT molecular complexity index is 945. The number of aryl methyl sites for hydroxylation is 2. The molecule has 1 unspecified atom stereocenters. The van der Waals surface area contributed by atoms with E-state index >= 15 is 0 Å². The van der Waals surface area contributed by atoms with Crippen LogP contribution in [0.2, 0.25) is 0 Å². The summed E-state index contributed by atoms with van der Waals surface area (Å²) in [6.07, 6.45) is -1.08. The van der Waals surface area contributed by atoms with Gasteiger partial charge in [0.25, 0.3) is 5.91 Å². The van der Waals surface area contributed by atoms with Crippen LogP contribution in [-0.2, 0) is 9.53 Å². The molecule has 1 heterocycles. The predicted molar refractivity (Wildman–Crippen MR) is 103 cm³/mol. The van der Waals surface area contributed by atoms with E-state index in [-0.39, 0.29) is 0 Å². The normalized spacial score (nSPS) is 11.7. The summed E-state index contributed by atoms with van der Waals surface area (Å²) < 4.78 is 11.1. The molecule has 138 valence electrons. The lowest BCUT2D eigenvalue weighted by Gasteiger charge is -2.18. The van der Waals surface area contributed by atoms with Crippen molar-refractivity contribution >= 4 is 17.6 Å². The highest BCUT2D eigenvalue weighted by Gasteiger charge is 2.28. The maximum atomic E-state index is 12.8. The van der Waals surface area contributed by atoms with Crippen LogP contribution in [0.3, 0.4) is 0 Å². The highest BCUT2D eigenvalue weighted by Crippen LogP contribution is 2.26. The van der Waals surface area contributed by atoms with Gasteiger partial charge >= 0.3 is 5.97 Å². The molecule has 0 saturated heterocycles. The van der Waals surface area contributed by atoms with Gasteiger partial charge in [-0.1, -0.05) is 48.5 Å². The number of nitrogens with one attached hydrogen (secondary N) is 1. The molecule has 1 N–H and O–H groups in total. The van der Waals surface area contributed by atoms with E-state index in [2.05, 4.69) is 5.32 Å². The van der Waals surface area contributed by atoms with Crippen LogP contribution in [0.1, 0.15) is 39.1 Å². The van der Waals surface area contributed by atoms with E-state index in [0.29, 0.717) is 33.9 Å². The molecule has 0 bridgehead atoms. The Labute approximate surface area is 158 Å². The first kappa shape index (κ1) is 18.5. The van der Waals surface area contributed by atoms with Crippen molar-refractivity contribution in [1.82, 2.24) is 0 Å². The fraction of sp³-hybridized carbons (Fsp3) is 0.182. The lowest BCUT2D eigenvalue weighted by atomic mass is 10.1. The highest BCUT2D eigenvalue weighted by molar-refractivity contribution is 5.99. The number of rotatable bonds is 5. The van der Waals surface area contributed by atoms with Crippen LogP contribution < -0.4 is 5.32 Å². The lowest BCUT2D eigenvalue weighted by molar-refractivity contribution is -0.125. The van der Waals surface area contributed by atoms with Gasteiger partial charge in [-0.3, -0.25) is 4.79 Å². The predicted octanol–water partition coefficient (Wildman–Crippen LogP) is 4.74. The Hall–Kier alpha value is -3.34. The quantitative estimate of drug-likeness (QED) is 0.665. The van der Waals surface area contributed by atoms with Crippen LogP contribution in [0.4, 0.5) is 5.69 Å². The van der Waals surface area contributed by atoms with E-state index in [4.69, 9.17) is 9.15 Å². The summed E-state index contributed by atoms with van der Waals surface area (Å²) in [5.41, 5.74) is 2.30. The molecule has 27 heavy (non-hydrogen) atoms. The van der Waals surface area contributed by atoms with Crippen molar-refractivity contribution in [3.63, 3.8) is 0 Å². The summed E-state index contributed by atoms with van der Waals surface area (Å²) in [5.74, 6) is 0.130. The summed E-state index contributed by atoms with van der Waals surface area (Å²) >= 11 is 0. The Morgan fingerprint density at radius 2 is 1.48 bits per heavy atom. The standard InChI is InChI=1S/C22H21NO4/c1-14-15(2)26-16(3)19(14)22(25)27-20(17-10-6-4-7-11-17)21(24)23-18-12-8-5-9-13-18/h4-13,20H,1-3H3,(H,23,24). The molecule has 0 fully saturated rings. The van der Waals surface area contributed by atoms with E-state index in [0.717, 1.165) is 0 Å². The van der Waals surface area contributed by atoms with E-state index in [9.17, 15) is 9.59 Å². The summed E-state index contributed by atoms with van der Waals surface area (Å²) in [4.78, 5) is 25.6. The zero-order chi connectivity index (χ0) is 19.4. The fourth-order valence-electron chi connectivity index (χ4n) is 2.89. The Morgan fingerprint density at radius 1 is 0.889 bits per heavy atom. The van der Waals surface area contributed by atoms with Crippen molar-refractivity contribution in [1.29, 1.82) is 0 Å². The van der Waals surface area contributed by atoms with Crippen molar-refractivity contribution in [3.05, 3.63) is 88.9 Å². The minimum absolute atomic E-state index is 0.362. The van der Waals surface area contributed by atoms with Gasteiger partial charge in [-0.05, 0) is 32.9 Å². The third-order valence-corrected chi connectivity index (χ3v) is 4.37. The molecular weight excluding hydrogens is 342 g/mol. The molecule has 5 nitrogen and oxygen atoms in total. The number of hydrogen-bond donors (Lipinski definition) is 1. The third-order valence-electron chi connectivity index (χ3n) is 4.37. The van der Waals surface area contributed by atoms with Gasteiger partial charge in [-0.15, -0.1) is 0 Å². The average molecular weight is 363 g/mol. The molecular formula is C22H21NO4. The number of furan rings is 1. The molecule has 0 aliphatic heterocycles. The molecule has 2 aromatic carbocycles. The smallest absolute Gasteiger partial charge is 0.343 e. The van der Waals surface area contributed by atoms with Gasteiger partial charge < -0.3 is 14.5 Å². The Morgan fingerprint density at radius 3 is 2.04 bits per heavy atom. The molecule has 0 spiro atoms. The van der Waals surface area contributed by atoms with Gasteiger partial charge in [-0.25, -0.2) is 4.79 Å². The molecule has 3 aromatic rings. The van der Waals surface area contributed by atoms with E-state index in [1.165, 1.54) is 0 Å². The summed E-state index contributed by atoms with van der Waals surface area (Å²) in [5, 5.41) is 2.79. The second-order valence-electron chi connectivity index (χ2n) is 6.27. The van der Waals surface area contributed by atoms with Crippen molar-refractivity contribution in [2.45, 2.75) is 26.9 Å². The second kappa shape index (κ2) is 7.91. The number of esters is 1. The van der Waals surface area contributed by atoms with Gasteiger partial charge in [0.05, 0.1) is 0 Å². The van der Waals surface area contributed by atoms with Crippen LogP contribution >= 0.6 is 0 Å². The minimum Gasteiger partial charge on any atom is -0.465 e. The van der Waals surface area contributed by atoms with Crippen LogP contribution in [-0.4, -0.2) is 11.9 Å². The third kappa shape index (κ3) is 4.08. The first-order chi connectivity index (χ1) is 13.0. The average Bonchev–Trinajstić information content (AvgIpc) is 2.93. The summed E-state index contributed by atoms with van der Waals surface area (Å²) in [7, 11) is 0. The summed E-state index contributed by atoms with van der Waals surface area (Å²) in [6, 6.07) is 18.0. The number of carbonyl (C=O) groups is 2. The lowest BCUT2D eigenvalue weighted by Crippen LogP contribution is -2.26. The minimum atomic E-state index is -1.08. The Kier molecular flexibility index (Phi) is 5.41. The number of anilines is 1. The largest absolute Gasteiger partial charge is 0.465 e. The molecule has 1 amide bonds. The maximum absolute atomic E-state index is 12.8. The maximum Gasteiger partial charge on any atom is 0.343 e. The van der Waals surface area contributed by atoms with Crippen molar-refractivity contribution in [3.8, 4) is 0 Å². The highest BCUT2D eigenvalue weighted by atomic mass is 16.5. The van der Waals surface area contributed by atoms with Gasteiger partial charge in [0.1, 0.15) is 17.1 Å². The summed E-state index contributed by atoms with van der Waals surface area (Å²) in [6.45, 7) is 5.29. The molecule has 0 saturated carbocycles. The molecule has 0 aliphatic carbocycles.